The summed E-state index contributed by atoms with van der Waals surface area (Å²) in [5, 5.41) is 4.31. The summed E-state index contributed by atoms with van der Waals surface area (Å²) in [5.74, 6) is 0.689. The van der Waals surface area contributed by atoms with Gasteiger partial charge in [0.05, 0.1) is 6.20 Å². The maximum Gasteiger partial charge on any atom is 0.0534 e. The van der Waals surface area contributed by atoms with Crippen LogP contribution in [0.4, 0.5) is 0 Å². The second-order valence-electron chi connectivity index (χ2n) is 4.98. The van der Waals surface area contributed by atoms with Crippen LogP contribution in [0.2, 0.25) is 0 Å². The average Bonchev–Trinajstić information content (AvgIpc) is 2.73. The minimum absolute atomic E-state index is 0.689. The number of rotatable bonds is 8. The smallest absolute Gasteiger partial charge is 0.0534 e. The van der Waals surface area contributed by atoms with Crippen LogP contribution >= 0.6 is 0 Å². The van der Waals surface area contributed by atoms with Gasteiger partial charge in [0.25, 0.3) is 0 Å². The first-order valence-electron chi connectivity index (χ1n) is 6.59. The van der Waals surface area contributed by atoms with Crippen molar-refractivity contribution in [1.82, 2.24) is 14.7 Å². The van der Waals surface area contributed by atoms with Crippen molar-refractivity contribution in [2.75, 3.05) is 19.6 Å². The Labute approximate surface area is 105 Å². The van der Waals surface area contributed by atoms with E-state index in [1.165, 1.54) is 5.56 Å². The second-order valence-corrected chi connectivity index (χ2v) is 4.98. The van der Waals surface area contributed by atoms with E-state index in [1.54, 1.807) is 0 Å². The lowest BCUT2D eigenvalue weighted by Gasteiger charge is -2.23. The van der Waals surface area contributed by atoms with Crippen molar-refractivity contribution in [3.8, 4) is 0 Å². The fraction of sp³-hybridized carbons (Fsp3) is 0.769. The van der Waals surface area contributed by atoms with E-state index < -0.39 is 0 Å². The first-order valence-corrected chi connectivity index (χ1v) is 6.59. The van der Waals surface area contributed by atoms with E-state index >= 15 is 0 Å². The van der Waals surface area contributed by atoms with Crippen LogP contribution in [0.5, 0.6) is 0 Å². The highest BCUT2D eigenvalue weighted by Crippen LogP contribution is 2.07. The first-order chi connectivity index (χ1) is 8.15. The van der Waals surface area contributed by atoms with Crippen LogP contribution < -0.4 is 5.73 Å². The highest BCUT2D eigenvalue weighted by molar-refractivity contribution is 5.03. The van der Waals surface area contributed by atoms with E-state index in [0.717, 1.165) is 39.1 Å². The molecule has 0 saturated heterocycles. The third-order valence-corrected chi connectivity index (χ3v) is 2.72. The molecular formula is C13H26N4. The van der Waals surface area contributed by atoms with Crippen molar-refractivity contribution in [1.29, 1.82) is 0 Å². The van der Waals surface area contributed by atoms with Gasteiger partial charge in [-0.3, -0.25) is 9.58 Å². The molecule has 0 aliphatic heterocycles. The Hall–Kier alpha value is -0.870. The first kappa shape index (κ1) is 14.2. The van der Waals surface area contributed by atoms with E-state index in [1.807, 2.05) is 10.9 Å². The van der Waals surface area contributed by atoms with Crippen molar-refractivity contribution >= 4 is 0 Å². The number of hydrogen-bond acceptors (Lipinski definition) is 3. The Morgan fingerprint density at radius 1 is 1.47 bits per heavy atom. The molecule has 0 aliphatic carbocycles. The van der Waals surface area contributed by atoms with Gasteiger partial charge >= 0.3 is 0 Å². The molecule has 1 heterocycles. The lowest BCUT2D eigenvalue weighted by molar-refractivity contribution is 0.234. The number of nitrogens with zero attached hydrogens (tertiary/aromatic N) is 3. The van der Waals surface area contributed by atoms with E-state index in [2.05, 4.69) is 37.0 Å². The Bertz CT molecular complexity index is 306. The molecule has 0 amide bonds. The Kier molecular flexibility index (Phi) is 6.22. The molecule has 98 valence electrons. The summed E-state index contributed by atoms with van der Waals surface area (Å²) in [4.78, 5) is 2.47. The summed E-state index contributed by atoms with van der Waals surface area (Å²) >= 11 is 0. The quantitative estimate of drug-likeness (QED) is 0.750. The van der Waals surface area contributed by atoms with Gasteiger partial charge in [-0.2, -0.15) is 5.10 Å². The van der Waals surface area contributed by atoms with Crippen molar-refractivity contribution in [2.24, 2.45) is 11.7 Å². The van der Waals surface area contributed by atoms with Gasteiger partial charge in [-0.15, -0.1) is 0 Å². The van der Waals surface area contributed by atoms with Gasteiger partial charge in [0, 0.05) is 31.4 Å². The van der Waals surface area contributed by atoms with Crippen LogP contribution in [0, 0.1) is 5.92 Å². The Balaban J connectivity index is 2.51. The lowest BCUT2D eigenvalue weighted by Crippen LogP contribution is -2.29. The van der Waals surface area contributed by atoms with Gasteiger partial charge in [-0.1, -0.05) is 13.8 Å². The molecule has 0 bridgehead atoms. The fourth-order valence-electron chi connectivity index (χ4n) is 1.99. The minimum Gasteiger partial charge on any atom is -0.330 e. The normalized spacial score (nSPS) is 11.6. The molecule has 0 atom stereocenters. The summed E-state index contributed by atoms with van der Waals surface area (Å²) in [7, 11) is 0. The average molecular weight is 238 g/mol. The zero-order valence-electron chi connectivity index (χ0n) is 11.4. The summed E-state index contributed by atoms with van der Waals surface area (Å²) in [6.07, 6.45) is 5.17. The molecule has 1 aromatic rings. The number of aryl methyl sites for hydroxylation is 1. The van der Waals surface area contributed by atoms with Crippen LogP contribution in [-0.4, -0.2) is 34.3 Å². The monoisotopic (exact) mass is 238 g/mol. The lowest BCUT2D eigenvalue weighted by atomic mass is 10.2. The van der Waals surface area contributed by atoms with Crippen LogP contribution in [0.1, 0.15) is 32.8 Å². The van der Waals surface area contributed by atoms with E-state index in [9.17, 15) is 0 Å². The zero-order chi connectivity index (χ0) is 12.7. The van der Waals surface area contributed by atoms with Gasteiger partial charge in [0.1, 0.15) is 0 Å². The predicted molar refractivity (Wildman–Crippen MR) is 71.7 cm³/mol. The fourth-order valence-corrected chi connectivity index (χ4v) is 1.99. The Morgan fingerprint density at radius 3 is 2.76 bits per heavy atom. The predicted octanol–water partition coefficient (Wildman–Crippen LogP) is 1.71. The molecule has 2 N–H and O–H groups in total. The molecule has 0 unspecified atom stereocenters. The summed E-state index contributed by atoms with van der Waals surface area (Å²) in [6.45, 7) is 11.5. The summed E-state index contributed by atoms with van der Waals surface area (Å²) < 4.78 is 1.98. The molecule has 4 heteroatoms. The van der Waals surface area contributed by atoms with Crippen molar-refractivity contribution in [3.05, 3.63) is 18.0 Å². The molecule has 0 spiro atoms. The van der Waals surface area contributed by atoms with Crippen molar-refractivity contribution in [3.63, 3.8) is 0 Å². The van der Waals surface area contributed by atoms with Gasteiger partial charge in [-0.25, -0.2) is 0 Å². The molecule has 0 aromatic carbocycles. The van der Waals surface area contributed by atoms with E-state index in [4.69, 9.17) is 5.73 Å². The van der Waals surface area contributed by atoms with Crippen LogP contribution in [-0.2, 0) is 13.1 Å². The third-order valence-electron chi connectivity index (χ3n) is 2.72. The number of aromatic nitrogens is 2. The molecule has 0 radical (unpaired) electrons. The molecule has 1 aromatic heterocycles. The molecule has 1 rings (SSSR count). The highest BCUT2D eigenvalue weighted by atomic mass is 15.3. The molecular weight excluding hydrogens is 212 g/mol. The minimum atomic E-state index is 0.689. The Morgan fingerprint density at radius 2 is 2.24 bits per heavy atom. The molecule has 4 nitrogen and oxygen atoms in total. The topological polar surface area (TPSA) is 47.1 Å². The molecule has 0 aliphatic rings. The van der Waals surface area contributed by atoms with E-state index in [-0.39, 0.29) is 0 Å². The maximum atomic E-state index is 5.58. The van der Waals surface area contributed by atoms with Crippen molar-refractivity contribution < 1.29 is 0 Å². The molecule has 0 saturated carbocycles. The largest absolute Gasteiger partial charge is 0.330 e. The zero-order valence-corrected chi connectivity index (χ0v) is 11.4. The summed E-state index contributed by atoms with van der Waals surface area (Å²) in [6, 6.07) is 0. The van der Waals surface area contributed by atoms with Gasteiger partial charge in [0.15, 0.2) is 0 Å². The molecule has 17 heavy (non-hydrogen) atoms. The van der Waals surface area contributed by atoms with Crippen molar-refractivity contribution in [2.45, 2.75) is 40.3 Å². The van der Waals surface area contributed by atoms with Crippen LogP contribution in [0.15, 0.2) is 12.4 Å². The summed E-state index contributed by atoms with van der Waals surface area (Å²) in [5.41, 5.74) is 6.88. The third kappa shape index (κ3) is 5.33. The second kappa shape index (κ2) is 7.45. The van der Waals surface area contributed by atoms with Crippen LogP contribution in [0.25, 0.3) is 0 Å². The highest BCUT2D eigenvalue weighted by Gasteiger charge is 2.09. The van der Waals surface area contributed by atoms with Gasteiger partial charge in [-0.05, 0) is 32.4 Å². The standard InChI is InChI=1S/C13H26N4/c1-4-17-11-13(8-15-17)10-16(7-5-6-14)9-12(2)3/h8,11-12H,4-7,9-10,14H2,1-3H3. The van der Waals surface area contributed by atoms with E-state index in [0.29, 0.717) is 5.92 Å². The van der Waals surface area contributed by atoms with Gasteiger partial charge in [0.2, 0.25) is 0 Å². The SMILES string of the molecule is CCn1cc(CN(CCCN)CC(C)C)cn1. The number of hydrogen-bond donors (Lipinski definition) is 1. The maximum absolute atomic E-state index is 5.58. The number of nitrogens with two attached hydrogens (primary N) is 1. The van der Waals surface area contributed by atoms with Gasteiger partial charge < -0.3 is 5.73 Å². The van der Waals surface area contributed by atoms with Crippen LogP contribution in [0.3, 0.4) is 0 Å². The molecule has 0 fully saturated rings.